The van der Waals surface area contributed by atoms with Gasteiger partial charge in [-0.3, -0.25) is 4.79 Å². The predicted octanol–water partition coefficient (Wildman–Crippen LogP) is 3.82. The van der Waals surface area contributed by atoms with Crippen molar-refractivity contribution in [2.45, 2.75) is 0 Å². The van der Waals surface area contributed by atoms with Crippen LogP contribution in [0.1, 0.15) is 10.4 Å². The Morgan fingerprint density at radius 1 is 1.25 bits per heavy atom. The van der Waals surface area contributed by atoms with Crippen LogP contribution in [-0.4, -0.2) is 17.9 Å². The Balaban J connectivity index is 2.28. The molecule has 4 nitrogen and oxygen atoms in total. The number of anilines is 2. The monoisotopic (exact) mass is 313 g/mol. The fraction of sp³-hybridized carbons (Fsp3) is 0.0769. The van der Waals surface area contributed by atoms with E-state index in [1.165, 1.54) is 6.20 Å². The maximum absolute atomic E-state index is 13.1. The maximum atomic E-state index is 13.1. The fourth-order valence-corrected chi connectivity index (χ4v) is 2.11. The van der Waals surface area contributed by atoms with Crippen molar-refractivity contribution < 1.29 is 9.18 Å². The number of halogens is 3. The molecule has 0 unspecified atom stereocenters. The zero-order valence-electron chi connectivity index (χ0n) is 10.4. The first-order valence-electron chi connectivity index (χ1n) is 5.61. The average Bonchev–Trinajstić information content (AvgIpc) is 2.42. The van der Waals surface area contributed by atoms with Crippen molar-refractivity contribution >= 4 is 40.6 Å². The van der Waals surface area contributed by atoms with Crippen molar-refractivity contribution in [1.82, 2.24) is 4.98 Å². The van der Waals surface area contributed by atoms with Crippen LogP contribution in [0.15, 0.2) is 30.5 Å². The molecule has 1 amide bonds. The molecule has 1 aromatic heterocycles. The van der Waals surface area contributed by atoms with Gasteiger partial charge in [0.25, 0.3) is 5.91 Å². The molecule has 2 aromatic rings. The van der Waals surface area contributed by atoms with Crippen LogP contribution < -0.4 is 10.6 Å². The highest BCUT2D eigenvalue weighted by Crippen LogP contribution is 2.31. The molecule has 2 N–H and O–H groups in total. The molecule has 20 heavy (non-hydrogen) atoms. The van der Waals surface area contributed by atoms with E-state index in [0.717, 1.165) is 12.1 Å². The first-order valence-corrected chi connectivity index (χ1v) is 6.36. The highest BCUT2D eigenvalue weighted by Gasteiger charge is 2.13. The van der Waals surface area contributed by atoms with Crippen LogP contribution in [0, 0.1) is 5.82 Å². The molecule has 0 saturated carbocycles. The molecule has 0 fully saturated rings. The predicted molar refractivity (Wildman–Crippen MR) is 78.2 cm³/mol. The average molecular weight is 314 g/mol. The summed E-state index contributed by atoms with van der Waals surface area (Å²) in [6, 6.07) is 5.27. The van der Waals surface area contributed by atoms with Gasteiger partial charge in [0.05, 0.1) is 15.7 Å². The van der Waals surface area contributed by atoms with Gasteiger partial charge in [-0.2, -0.15) is 0 Å². The molecule has 0 saturated heterocycles. The van der Waals surface area contributed by atoms with E-state index < -0.39 is 11.7 Å². The molecule has 0 atom stereocenters. The second kappa shape index (κ2) is 6.07. The van der Waals surface area contributed by atoms with Crippen molar-refractivity contribution in [3.8, 4) is 0 Å². The molecule has 1 heterocycles. The van der Waals surface area contributed by atoms with Crippen LogP contribution in [0.2, 0.25) is 10.0 Å². The van der Waals surface area contributed by atoms with Gasteiger partial charge in [0, 0.05) is 18.8 Å². The van der Waals surface area contributed by atoms with E-state index in [4.69, 9.17) is 23.2 Å². The van der Waals surface area contributed by atoms with Gasteiger partial charge in [0.2, 0.25) is 0 Å². The number of aromatic nitrogens is 1. The number of nitrogens with one attached hydrogen (secondary N) is 2. The molecule has 0 aliphatic rings. The smallest absolute Gasteiger partial charge is 0.255 e. The molecule has 0 bridgehead atoms. The number of hydrogen-bond acceptors (Lipinski definition) is 3. The van der Waals surface area contributed by atoms with E-state index in [1.54, 1.807) is 19.2 Å². The maximum Gasteiger partial charge on any atom is 0.255 e. The Bertz CT molecular complexity index is 641. The molecule has 0 radical (unpaired) electrons. The van der Waals surface area contributed by atoms with Crippen molar-refractivity contribution in [3.63, 3.8) is 0 Å². The lowest BCUT2D eigenvalue weighted by molar-refractivity contribution is 0.102. The Labute approximate surface area is 124 Å². The Kier molecular flexibility index (Phi) is 4.42. The van der Waals surface area contributed by atoms with E-state index >= 15 is 0 Å². The molecule has 0 aliphatic carbocycles. The number of nitrogens with zero attached hydrogens (tertiary/aromatic N) is 1. The van der Waals surface area contributed by atoms with Gasteiger partial charge >= 0.3 is 0 Å². The van der Waals surface area contributed by atoms with Crippen LogP contribution in [-0.2, 0) is 0 Å². The highest BCUT2D eigenvalue weighted by molar-refractivity contribution is 6.40. The van der Waals surface area contributed by atoms with Crippen LogP contribution in [0.25, 0.3) is 0 Å². The van der Waals surface area contributed by atoms with E-state index in [9.17, 15) is 9.18 Å². The quantitative estimate of drug-likeness (QED) is 0.905. The summed E-state index contributed by atoms with van der Waals surface area (Å²) >= 11 is 11.7. The van der Waals surface area contributed by atoms with Gasteiger partial charge in [0.15, 0.2) is 0 Å². The summed E-state index contributed by atoms with van der Waals surface area (Å²) in [6.45, 7) is 0. The number of benzene rings is 1. The molecule has 104 valence electrons. The zero-order valence-corrected chi connectivity index (χ0v) is 11.9. The third-order valence-corrected chi connectivity index (χ3v) is 3.12. The second-order valence-corrected chi connectivity index (χ2v) is 4.69. The van der Waals surface area contributed by atoms with Gasteiger partial charge < -0.3 is 10.6 Å². The minimum atomic E-state index is -0.570. The minimum Gasteiger partial charge on any atom is -0.373 e. The highest BCUT2D eigenvalue weighted by atomic mass is 35.5. The Hall–Kier alpha value is -1.85. The number of hydrogen-bond donors (Lipinski definition) is 2. The van der Waals surface area contributed by atoms with Gasteiger partial charge in [-0.25, -0.2) is 9.37 Å². The number of rotatable bonds is 3. The largest absolute Gasteiger partial charge is 0.373 e. The summed E-state index contributed by atoms with van der Waals surface area (Å²) in [7, 11) is 1.69. The van der Waals surface area contributed by atoms with Crippen molar-refractivity contribution in [1.29, 1.82) is 0 Å². The van der Waals surface area contributed by atoms with Crippen LogP contribution in [0.4, 0.5) is 15.9 Å². The van der Waals surface area contributed by atoms with Gasteiger partial charge in [-0.1, -0.05) is 23.2 Å². The van der Waals surface area contributed by atoms with Crippen molar-refractivity contribution in [3.05, 3.63) is 51.9 Å². The SMILES string of the molecule is CNc1cc(C(=O)Nc2c(Cl)cc(F)cc2Cl)ccn1. The van der Waals surface area contributed by atoms with Gasteiger partial charge in [-0.15, -0.1) is 0 Å². The summed E-state index contributed by atoms with van der Waals surface area (Å²) in [4.78, 5) is 16.1. The van der Waals surface area contributed by atoms with Crippen LogP contribution in [0.3, 0.4) is 0 Å². The summed E-state index contributed by atoms with van der Waals surface area (Å²) in [6.07, 6.45) is 1.49. The minimum absolute atomic E-state index is 0.0336. The molecular weight excluding hydrogens is 304 g/mol. The first-order chi connectivity index (χ1) is 9.51. The fourth-order valence-electron chi connectivity index (χ4n) is 1.56. The standard InChI is InChI=1S/C13H10Cl2FN3O/c1-17-11-4-7(2-3-18-11)13(20)19-12-9(14)5-8(16)6-10(12)15/h2-6H,1H3,(H,17,18)(H,19,20). The lowest BCUT2D eigenvalue weighted by Crippen LogP contribution is -2.13. The number of carbonyl (C=O) groups excluding carboxylic acids is 1. The summed E-state index contributed by atoms with van der Waals surface area (Å²) in [5.74, 6) is -0.437. The Morgan fingerprint density at radius 3 is 2.50 bits per heavy atom. The summed E-state index contributed by atoms with van der Waals surface area (Å²) < 4.78 is 13.1. The topological polar surface area (TPSA) is 54.0 Å². The zero-order chi connectivity index (χ0) is 14.7. The molecule has 7 heteroatoms. The lowest BCUT2D eigenvalue weighted by atomic mass is 10.2. The van der Waals surface area contributed by atoms with E-state index in [2.05, 4.69) is 15.6 Å². The summed E-state index contributed by atoms with van der Waals surface area (Å²) in [5, 5.41) is 5.44. The second-order valence-electron chi connectivity index (χ2n) is 3.88. The number of amides is 1. The lowest BCUT2D eigenvalue weighted by Gasteiger charge is -2.10. The molecular formula is C13H10Cl2FN3O. The van der Waals surface area contributed by atoms with Crippen LogP contribution >= 0.6 is 23.2 Å². The van der Waals surface area contributed by atoms with E-state index in [1.807, 2.05) is 0 Å². The van der Waals surface area contributed by atoms with Crippen molar-refractivity contribution in [2.24, 2.45) is 0 Å². The number of pyridine rings is 1. The molecule has 2 rings (SSSR count). The Morgan fingerprint density at radius 2 is 1.90 bits per heavy atom. The van der Waals surface area contributed by atoms with Gasteiger partial charge in [-0.05, 0) is 24.3 Å². The molecule has 0 spiro atoms. The molecule has 1 aromatic carbocycles. The normalized spacial score (nSPS) is 10.2. The van der Waals surface area contributed by atoms with Gasteiger partial charge in [0.1, 0.15) is 11.6 Å². The van der Waals surface area contributed by atoms with E-state index in [-0.39, 0.29) is 15.7 Å². The first kappa shape index (κ1) is 14.6. The van der Waals surface area contributed by atoms with Crippen molar-refractivity contribution in [2.75, 3.05) is 17.7 Å². The van der Waals surface area contributed by atoms with Crippen LogP contribution in [0.5, 0.6) is 0 Å². The summed E-state index contributed by atoms with van der Waals surface area (Å²) in [5.41, 5.74) is 0.545. The third kappa shape index (κ3) is 3.18. The van der Waals surface area contributed by atoms with E-state index in [0.29, 0.717) is 11.4 Å². The molecule has 0 aliphatic heterocycles. The number of carbonyl (C=O) groups is 1. The third-order valence-electron chi connectivity index (χ3n) is 2.52.